The maximum absolute atomic E-state index is 12.6. The van der Waals surface area contributed by atoms with Gasteiger partial charge in [-0.2, -0.15) is 0 Å². The van der Waals surface area contributed by atoms with Crippen LogP contribution in [0.25, 0.3) is 0 Å². The highest BCUT2D eigenvalue weighted by Gasteiger charge is 2.53. The Morgan fingerprint density at radius 1 is 1.08 bits per heavy atom. The van der Waals surface area contributed by atoms with Gasteiger partial charge in [-0.3, -0.25) is 9.69 Å². The summed E-state index contributed by atoms with van der Waals surface area (Å²) in [6.07, 6.45) is 8.79. The van der Waals surface area contributed by atoms with Crippen LogP contribution in [0.4, 0.5) is 0 Å². The maximum Gasteiger partial charge on any atom is 0.273 e. The van der Waals surface area contributed by atoms with E-state index in [0.717, 1.165) is 48.9 Å². The van der Waals surface area contributed by atoms with E-state index in [1.165, 1.54) is 38.5 Å². The second-order valence-electron chi connectivity index (χ2n) is 8.67. The zero-order chi connectivity index (χ0) is 16.3. The van der Waals surface area contributed by atoms with Crippen LogP contribution >= 0.6 is 11.3 Å². The van der Waals surface area contributed by atoms with Crippen molar-refractivity contribution in [3.8, 4) is 0 Å². The van der Waals surface area contributed by atoms with Gasteiger partial charge in [0.1, 0.15) is 5.69 Å². The lowest BCUT2D eigenvalue weighted by Crippen LogP contribution is -2.64. The first kappa shape index (κ1) is 15.3. The molecule has 5 aliphatic rings. The van der Waals surface area contributed by atoms with Gasteiger partial charge >= 0.3 is 0 Å². The second kappa shape index (κ2) is 5.53. The van der Waals surface area contributed by atoms with E-state index in [1.807, 2.05) is 17.2 Å². The van der Waals surface area contributed by atoms with Gasteiger partial charge in [-0.15, -0.1) is 11.3 Å². The molecular weight excluding hydrogens is 318 g/mol. The van der Waals surface area contributed by atoms with E-state index in [0.29, 0.717) is 11.2 Å². The Morgan fingerprint density at radius 3 is 2.17 bits per heavy atom. The number of aromatic nitrogens is 1. The first-order valence-corrected chi connectivity index (χ1v) is 10.5. The number of carbonyl (C=O) groups excluding carboxylic acids is 1. The molecule has 5 fully saturated rings. The van der Waals surface area contributed by atoms with Crippen LogP contribution in [0.5, 0.6) is 0 Å². The van der Waals surface area contributed by atoms with Crippen LogP contribution in [-0.4, -0.2) is 52.4 Å². The predicted octanol–water partition coefficient (Wildman–Crippen LogP) is 3.18. The zero-order valence-electron chi connectivity index (χ0n) is 14.5. The monoisotopic (exact) mass is 345 g/mol. The van der Waals surface area contributed by atoms with Crippen molar-refractivity contribution < 1.29 is 4.79 Å². The topological polar surface area (TPSA) is 36.4 Å². The Bertz CT molecular complexity index is 612. The van der Waals surface area contributed by atoms with Crippen molar-refractivity contribution in [1.29, 1.82) is 0 Å². The summed E-state index contributed by atoms with van der Waals surface area (Å²) < 4.78 is 0. The van der Waals surface area contributed by atoms with Gasteiger partial charge in [-0.25, -0.2) is 4.98 Å². The third-order valence-corrected chi connectivity index (χ3v) is 7.86. The van der Waals surface area contributed by atoms with Crippen molar-refractivity contribution in [2.45, 2.75) is 51.0 Å². The van der Waals surface area contributed by atoms with E-state index in [1.54, 1.807) is 11.3 Å². The van der Waals surface area contributed by atoms with Gasteiger partial charge in [0.2, 0.25) is 0 Å². The van der Waals surface area contributed by atoms with E-state index >= 15 is 0 Å². The number of thiazole rings is 1. The van der Waals surface area contributed by atoms with Crippen molar-refractivity contribution in [2.75, 3.05) is 26.2 Å². The lowest BCUT2D eigenvalue weighted by atomic mass is 9.52. The molecule has 4 aliphatic carbocycles. The summed E-state index contributed by atoms with van der Waals surface area (Å²) in [4.78, 5) is 21.8. The highest BCUT2D eigenvalue weighted by atomic mass is 32.1. The molecule has 4 nitrogen and oxygen atoms in total. The van der Waals surface area contributed by atoms with E-state index in [9.17, 15) is 4.79 Å². The molecule has 0 N–H and O–H groups in total. The minimum absolute atomic E-state index is 0.129. The molecule has 2 heterocycles. The molecule has 1 aliphatic heterocycles. The Labute approximate surface area is 148 Å². The molecule has 5 heteroatoms. The highest BCUT2D eigenvalue weighted by Crippen LogP contribution is 2.57. The molecule has 4 bridgehead atoms. The fraction of sp³-hybridized carbons (Fsp3) is 0.789. The molecule has 0 spiro atoms. The Balaban J connectivity index is 1.26. The number of rotatable bonds is 2. The summed E-state index contributed by atoms with van der Waals surface area (Å²) in [7, 11) is 0. The van der Waals surface area contributed by atoms with E-state index in [2.05, 4.69) is 9.88 Å². The fourth-order valence-electron chi connectivity index (χ4n) is 6.46. The fourth-order valence-corrected chi connectivity index (χ4v) is 7.05. The number of amides is 1. The van der Waals surface area contributed by atoms with Gasteiger partial charge in [0, 0.05) is 37.1 Å². The molecule has 1 amide bonds. The first-order valence-electron chi connectivity index (χ1n) is 9.58. The molecule has 0 atom stereocenters. The quantitative estimate of drug-likeness (QED) is 0.826. The molecule has 24 heavy (non-hydrogen) atoms. The third kappa shape index (κ3) is 2.43. The Hall–Kier alpha value is -0.940. The van der Waals surface area contributed by atoms with Gasteiger partial charge in [0.25, 0.3) is 5.91 Å². The summed E-state index contributed by atoms with van der Waals surface area (Å²) in [5.74, 6) is 3.11. The Kier molecular flexibility index (Phi) is 3.53. The number of carbonyl (C=O) groups is 1. The summed E-state index contributed by atoms with van der Waals surface area (Å²) in [6.45, 7) is 5.82. The molecule has 0 radical (unpaired) electrons. The van der Waals surface area contributed by atoms with Crippen molar-refractivity contribution in [3.05, 3.63) is 16.1 Å². The number of hydrogen-bond donors (Lipinski definition) is 0. The van der Waals surface area contributed by atoms with Crippen LogP contribution in [0.1, 0.15) is 54.0 Å². The maximum atomic E-state index is 12.6. The number of nitrogens with zero attached hydrogens (tertiary/aromatic N) is 3. The molecular formula is C19H27N3OS. The van der Waals surface area contributed by atoms with Crippen molar-refractivity contribution in [3.63, 3.8) is 0 Å². The van der Waals surface area contributed by atoms with Crippen molar-refractivity contribution in [2.24, 2.45) is 17.8 Å². The molecule has 4 saturated carbocycles. The largest absolute Gasteiger partial charge is 0.335 e. The molecule has 1 aromatic rings. The summed E-state index contributed by atoms with van der Waals surface area (Å²) >= 11 is 1.57. The van der Waals surface area contributed by atoms with Crippen LogP contribution < -0.4 is 0 Å². The van der Waals surface area contributed by atoms with Crippen LogP contribution in [0.15, 0.2) is 5.38 Å². The lowest BCUT2D eigenvalue weighted by molar-refractivity contribution is -0.0987. The van der Waals surface area contributed by atoms with Crippen LogP contribution in [0.3, 0.4) is 0 Å². The van der Waals surface area contributed by atoms with Crippen LogP contribution in [-0.2, 0) is 0 Å². The minimum Gasteiger partial charge on any atom is -0.335 e. The van der Waals surface area contributed by atoms with E-state index in [4.69, 9.17) is 0 Å². The standard InChI is InChI=1S/C19H27N3OS/c1-13-20-17(12-24-13)18(23)21-2-4-22(5-3-21)19-9-14-6-15(10-19)8-16(7-14)11-19/h12,14-16H,2-11H2,1H3. The minimum atomic E-state index is 0.129. The van der Waals surface area contributed by atoms with Crippen molar-refractivity contribution in [1.82, 2.24) is 14.8 Å². The third-order valence-electron chi connectivity index (χ3n) is 7.08. The highest BCUT2D eigenvalue weighted by molar-refractivity contribution is 7.09. The van der Waals surface area contributed by atoms with Crippen LogP contribution in [0, 0.1) is 24.7 Å². The van der Waals surface area contributed by atoms with E-state index in [-0.39, 0.29) is 5.91 Å². The summed E-state index contributed by atoms with van der Waals surface area (Å²) in [5, 5.41) is 2.88. The second-order valence-corrected chi connectivity index (χ2v) is 9.74. The van der Waals surface area contributed by atoms with Crippen molar-refractivity contribution >= 4 is 17.2 Å². The van der Waals surface area contributed by atoms with Crippen LogP contribution in [0.2, 0.25) is 0 Å². The number of aryl methyl sites for hydroxylation is 1. The lowest BCUT2D eigenvalue weighted by Gasteiger charge is -2.61. The molecule has 1 saturated heterocycles. The average molecular weight is 346 g/mol. The van der Waals surface area contributed by atoms with E-state index < -0.39 is 0 Å². The van der Waals surface area contributed by atoms with Gasteiger partial charge in [-0.1, -0.05) is 0 Å². The molecule has 1 aromatic heterocycles. The van der Waals surface area contributed by atoms with Gasteiger partial charge < -0.3 is 4.90 Å². The first-order chi connectivity index (χ1) is 11.6. The summed E-state index contributed by atoms with van der Waals surface area (Å²) in [5.41, 5.74) is 1.13. The average Bonchev–Trinajstić information content (AvgIpc) is 3.00. The molecule has 130 valence electrons. The number of piperazine rings is 1. The van der Waals surface area contributed by atoms with Gasteiger partial charge in [0.05, 0.1) is 5.01 Å². The number of hydrogen-bond acceptors (Lipinski definition) is 4. The molecule has 0 unspecified atom stereocenters. The SMILES string of the molecule is Cc1nc(C(=O)N2CCN(C34CC5CC(CC(C5)C3)C4)CC2)cs1. The predicted molar refractivity (Wildman–Crippen MR) is 95.2 cm³/mol. The summed E-state index contributed by atoms with van der Waals surface area (Å²) in [6, 6.07) is 0. The zero-order valence-corrected chi connectivity index (χ0v) is 15.4. The smallest absolute Gasteiger partial charge is 0.273 e. The molecule has 0 aromatic carbocycles. The van der Waals surface area contributed by atoms with Gasteiger partial charge in [-0.05, 0) is 63.2 Å². The molecule has 6 rings (SSSR count). The normalized spacial score (nSPS) is 38.7. The Morgan fingerprint density at radius 2 is 1.67 bits per heavy atom. The van der Waals surface area contributed by atoms with Gasteiger partial charge in [0.15, 0.2) is 0 Å².